The molecule has 2 rings (SSSR count). The van der Waals surface area contributed by atoms with Gasteiger partial charge in [-0.15, -0.1) is 0 Å². The zero-order valence-corrected chi connectivity index (χ0v) is 10.3. The Labute approximate surface area is 97.9 Å². The maximum Gasteiger partial charge on any atom is 0.231 e. The van der Waals surface area contributed by atoms with E-state index in [-0.39, 0.29) is 0 Å². The molecule has 0 aromatic heterocycles. The average molecular weight is 272 g/mol. The van der Waals surface area contributed by atoms with Crippen LogP contribution in [0.3, 0.4) is 0 Å². The van der Waals surface area contributed by atoms with E-state index >= 15 is 0 Å². The Kier molecular flexibility index (Phi) is 3.49. The molecular formula is C11H14BrNO2. The number of ether oxygens (including phenoxy) is 2. The molecule has 1 heterocycles. The second-order valence-electron chi connectivity index (χ2n) is 3.47. The van der Waals surface area contributed by atoms with Crippen LogP contribution in [0.4, 0.5) is 0 Å². The molecule has 0 amide bonds. The van der Waals surface area contributed by atoms with E-state index in [9.17, 15) is 0 Å². The molecule has 3 nitrogen and oxygen atoms in total. The van der Waals surface area contributed by atoms with Crippen LogP contribution in [0.5, 0.6) is 11.5 Å². The molecule has 0 saturated carbocycles. The van der Waals surface area contributed by atoms with Gasteiger partial charge in [0.05, 0.1) is 0 Å². The quantitative estimate of drug-likeness (QED) is 0.855. The summed E-state index contributed by atoms with van der Waals surface area (Å²) in [5.74, 6) is 1.66. The van der Waals surface area contributed by atoms with Gasteiger partial charge in [-0.1, -0.05) is 22.9 Å². The van der Waals surface area contributed by atoms with Crippen molar-refractivity contribution in [3.8, 4) is 11.5 Å². The largest absolute Gasteiger partial charge is 0.454 e. The number of hydrogen-bond acceptors (Lipinski definition) is 3. The molecule has 0 radical (unpaired) electrons. The predicted octanol–water partition coefficient (Wildman–Crippen LogP) is 2.68. The summed E-state index contributed by atoms with van der Waals surface area (Å²) in [4.78, 5) is 0. The third kappa shape index (κ3) is 2.44. The van der Waals surface area contributed by atoms with Crippen LogP contribution in [0.2, 0.25) is 0 Å². The summed E-state index contributed by atoms with van der Waals surface area (Å²) in [6.45, 7) is 4.36. The molecule has 0 spiro atoms. The standard InChI is InChI=1S/C11H14BrNO2/c1-2-3-13-6-8-4-10-11(5-9(8)12)15-7-14-10/h4-5,13H,2-3,6-7H2,1H3. The summed E-state index contributed by atoms with van der Waals surface area (Å²) >= 11 is 3.53. The molecule has 0 bridgehead atoms. The fourth-order valence-corrected chi connectivity index (χ4v) is 1.96. The van der Waals surface area contributed by atoms with Crippen molar-refractivity contribution in [2.24, 2.45) is 0 Å². The molecule has 4 heteroatoms. The summed E-state index contributed by atoms with van der Waals surface area (Å²) < 4.78 is 11.7. The molecule has 1 aliphatic heterocycles. The first kappa shape index (κ1) is 10.8. The minimum absolute atomic E-state index is 0.327. The molecular weight excluding hydrogens is 258 g/mol. The fraction of sp³-hybridized carbons (Fsp3) is 0.455. The zero-order valence-electron chi connectivity index (χ0n) is 8.68. The van der Waals surface area contributed by atoms with Gasteiger partial charge in [-0.3, -0.25) is 0 Å². The lowest BCUT2D eigenvalue weighted by Gasteiger charge is -2.07. The predicted molar refractivity (Wildman–Crippen MR) is 62.3 cm³/mol. The van der Waals surface area contributed by atoms with Crippen LogP contribution >= 0.6 is 15.9 Å². The molecule has 1 aromatic carbocycles. The molecule has 0 aliphatic carbocycles. The molecule has 0 unspecified atom stereocenters. The highest BCUT2D eigenvalue weighted by Gasteiger charge is 2.15. The van der Waals surface area contributed by atoms with Gasteiger partial charge in [-0.25, -0.2) is 0 Å². The van der Waals surface area contributed by atoms with Crippen LogP contribution < -0.4 is 14.8 Å². The lowest BCUT2D eigenvalue weighted by atomic mass is 10.2. The average Bonchev–Trinajstić information content (AvgIpc) is 2.65. The van der Waals surface area contributed by atoms with Crippen molar-refractivity contribution < 1.29 is 9.47 Å². The zero-order chi connectivity index (χ0) is 10.7. The Morgan fingerprint density at radius 3 is 2.80 bits per heavy atom. The lowest BCUT2D eigenvalue weighted by Crippen LogP contribution is -2.14. The first-order valence-corrected chi connectivity index (χ1v) is 5.89. The van der Waals surface area contributed by atoms with Gasteiger partial charge in [-0.05, 0) is 30.7 Å². The third-order valence-electron chi connectivity index (χ3n) is 2.28. The van der Waals surface area contributed by atoms with Gasteiger partial charge in [-0.2, -0.15) is 0 Å². The van der Waals surface area contributed by atoms with E-state index in [1.807, 2.05) is 12.1 Å². The Morgan fingerprint density at radius 1 is 1.33 bits per heavy atom. The fourth-order valence-electron chi connectivity index (χ4n) is 1.49. The summed E-state index contributed by atoms with van der Waals surface area (Å²) in [5, 5.41) is 3.36. The van der Waals surface area contributed by atoms with Crippen molar-refractivity contribution in [3.05, 3.63) is 22.2 Å². The van der Waals surface area contributed by atoms with E-state index in [2.05, 4.69) is 28.2 Å². The highest BCUT2D eigenvalue weighted by Crippen LogP contribution is 2.36. The normalized spacial score (nSPS) is 13.2. The second kappa shape index (κ2) is 4.86. The van der Waals surface area contributed by atoms with E-state index in [0.29, 0.717) is 6.79 Å². The van der Waals surface area contributed by atoms with Gasteiger partial charge < -0.3 is 14.8 Å². The highest BCUT2D eigenvalue weighted by atomic mass is 79.9. The van der Waals surface area contributed by atoms with Gasteiger partial charge >= 0.3 is 0 Å². The Hall–Kier alpha value is -0.740. The van der Waals surface area contributed by atoms with Gasteiger partial charge in [0.1, 0.15) is 0 Å². The van der Waals surface area contributed by atoms with Gasteiger partial charge in [0.2, 0.25) is 6.79 Å². The molecule has 1 aliphatic rings. The van der Waals surface area contributed by atoms with E-state index in [1.54, 1.807) is 0 Å². The number of hydrogen-bond donors (Lipinski definition) is 1. The first-order chi connectivity index (χ1) is 7.31. The van der Waals surface area contributed by atoms with Gasteiger partial charge in [0, 0.05) is 11.0 Å². The maximum absolute atomic E-state index is 5.33. The summed E-state index contributed by atoms with van der Waals surface area (Å²) in [6.07, 6.45) is 1.14. The van der Waals surface area contributed by atoms with Crippen molar-refractivity contribution in [1.29, 1.82) is 0 Å². The molecule has 0 fully saturated rings. The minimum Gasteiger partial charge on any atom is -0.454 e. The van der Waals surface area contributed by atoms with Crippen LogP contribution in [0.25, 0.3) is 0 Å². The Morgan fingerprint density at radius 2 is 2.07 bits per heavy atom. The van der Waals surface area contributed by atoms with Crippen molar-refractivity contribution in [1.82, 2.24) is 5.32 Å². The summed E-state index contributed by atoms with van der Waals surface area (Å²) in [6, 6.07) is 3.99. The number of halogens is 1. The van der Waals surface area contributed by atoms with Crippen molar-refractivity contribution in [3.63, 3.8) is 0 Å². The highest BCUT2D eigenvalue weighted by molar-refractivity contribution is 9.10. The lowest BCUT2D eigenvalue weighted by molar-refractivity contribution is 0.174. The molecule has 1 aromatic rings. The van der Waals surface area contributed by atoms with Crippen LogP contribution in [0.1, 0.15) is 18.9 Å². The van der Waals surface area contributed by atoms with Gasteiger partial charge in [0.25, 0.3) is 0 Å². The topological polar surface area (TPSA) is 30.5 Å². The van der Waals surface area contributed by atoms with Gasteiger partial charge in [0.15, 0.2) is 11.5 Å². The number of benzene rings is 1. The molecule has 15 heavy (non-hydrogen) atoms. The van der Waals surface area contributed by atoms with Crippen molar-refractivity contribution >= 4 is 15.9 Å². The van der Waals surface area contributed by atoms with Crippen LogP contribution in [-0.2, 0) is 6.54 Å². The number of rotatable bonds is 4. The second-order valence-corrected chi connectivity index (χ2v) is 4.33. The minimum atomic E-state index is 0.327. The summed E-state index contributed by atoms with van der Waals surface area (Å²) in [5.41, 5.74) is 1.20. The molecule has 82 valence electrons. The Bertz CT molecular complexity index is 355. The van der Waals surface area contributed by atoms with E-state index < -0.39 is 0 Å². The first-order valence-electron chi connectivity index (χ1n) is 5.10. The number of nitrogens with one attached hydrogen (secondary N) is 1. The SMILES string of the molecule is CCCNCc1cc2c(cc1Br)OCO2. The smallest absolute Gasteiger partial charge is 0.231 e. The van der Waals surface area contributed by atoms with Crippen molar-refractivity contribution in [2.45, 2.75) is 19.9 Å². The van der Waals surface area contributed by atoms with E-state index in [4.69, 9.17) is 9.47 Å². The maximum atomic E-state index is 5.33. The third-order valence-corrected chi connectivity index (χ3v) is 3.02. The van der Waals surface area contributed by atoms with E-state index in [0.717, 1.165) is 35.5 Å². The molecule has 0 saturated heterocycles. The van der Waals surface area contributed by atoms with E-state index in [1.165, 1.54) is 5.56 Å². The number of fused-ring (bicyclic) bond motifs is 1. The van der Waals surface area contributed by atoms with Crippen LogP contribution in [0, 0.1) is 0 Å². The summed E-state index contributed by atoms with van der Waals surface area (Å²) in [7, 11) is 0. The molecule has 1 N–H and O–H groups in total. The van der Waals surface area contributed by atoms with Crippen LogP contribution in [0.15, 0.2) is 16.6 Å². The Balaban J connectivity index is 2.10. The molecule has 0 atom stereocenters. The van der Waals surface area contributed by atoms with Crippen molar-refractivity contribution in [2.75, 3.05) is 13.3 Å². The van der Waals surface area contributed by atoms with Crippen LogP contribution in [-0.4, -0.2) is 13.3 Å². The monoisotopic (exact) mass is 271 g/mol.